The molecule has 0 aromatic carbocycles. The first-order valence-electron chi connectivity index (χ1n) is 3.30. The Bertz CT molecular complexity index is 108. The number of likely N-dealkylation sites (N-methyl/N-ethyl adjacent to an activating group) is 1. The van der Waals surface area contributed by atoms with E-state index < -0.39 is 0 Å². The fourth-order valence-electron chi connectivity index (χ4n) is 0.519. The van der Waals surface area contributed by atoms with Crippen LogP contribution in [0.1, 0.15) is 6.92 Å². The van der Waals surface area contributed by atoms with Gasteiger partial charge in [-0.25, -0.2) is 0 Å². The summed E-state index contributed by atoms with van der Waals surface area (Å²) in [5.74, 6) is 0. The standard InChI is InChI=1S/C6H14N2OS/c1-3-9-6(10)8(2)5-4-7/h3-5,7H2,1-2H3. The molecule has 2 N–H and O–H groups in total. The summed E-state index contributed by atoms with van der Waals surface area (Å²) in [5, 5.41) is 0.521. The first-order valence-corrected chi connectivity index (χ1v) is 3.71. The van der Waals surface area contributed by atoms with Gasteiger partial charge in [-0.3, -0.25) is 0 Å². The number of ether oxygens (including phenoxy) is 1. The molecule has 0 spiro atoms. The van der Waals surface area contributed by atoms with Crippen molar-refractivity contribution in [1.29, 1.82) is 0 Å². The molecular formula is C6H14N2OS. The highest BCUT2D eigenvalue weighted by Crippen LogP contribution is 1.88. The van der Waals surface area contributed by atoms with Gasteiger partial charge in [0.15, 0.2) is 0 Å². The van der Waals surface area contributed by atoms with Crippen molar-refractivity contribution in [3.8, 4) is 0 Å². The maximum absolute atomic E-state index is 5.31. The molecule has 0 saturated heterocycles. The minimum atomic E-state index is 0.521. The second kappa shape index (κ2) is 5.44. The SMILES string of the molecule is CCOC(=S)N(C)CCN. The van der Waals surface area contributed by atoms with Crippen LogP contribution in [0.4, 0.5) is 0 Å². The van der Waals surface area contributed by atoms with Crippen molar-refractivity contribution < 1.29 is 4.74 Å². The summed E-state index contributed by atoms with van der Waals surface area (Å²) >= 11 is 4.89. The first-order chi connectivity index (χ1) is 4.72. The lowest BCUT2D eigenvalue weighted by molar-refractivity contribution is 0.275. The summed E-state index contributed by atoms with van der Waals surface area (Å²) in [4.78, 5) is 1.82. The Balaban J connectivity index is 3.49. The fraction of sp³-hybridized carbons (Fsp3) is 0.833. The Morgan fingerprint density at radius 3 is 2.70 bits per heavy atom. The summed E-state index contributed by atoms with van der Waals surface area (Å²) in [6, 6.07) is 0. The highest BCUT2D eigenvalue weighted by molar-refractivity contribution is 7.80. The quantitative estimate of drug-likeness (QED) is 0.602. The van der Waals surface area contributed by atoms with Crippen LogP contribution in [0, 0.1) is 0 Å². The lowest BCUT2D eigenvalue weighted by Gasteiger charge is -2.17. The Morgan fingerprint density at radius 2 is 2.30 bits per heavy atom. The van der Waals surface area contributed by atoms with Gasteiger partial charge in [0.2, 0.25) is 0 Å². The Hall–Kier alpha value is -0.350. The van der Waals surface area contributed by atoms with Crippen molar-refractivity contribution >= 4 is 17.4 Å². The van der Waals surface area contributed by atoms with Crippen LogP contribution in [-0.4, -0.2) is 36.8 Å². The summed E-state index contributed by atoms with van der Waals surface area (Å²) < 4.78 is 5.06. The Kier molecular flexibility index (Phi) is 5.25. The number of nitrogens with two attached hydrogens (primary N) is 1. The second-order valence-corrected chi connectivity index (χ2v) is 2.26. The van der Waals surface area contributed by atoms with E-state index in [1.54, 1.807) is 0 Å². The van der Waals surface area contributed by atoms with Crippen molar-refractivity contribution in [3.05, 3.63) is 0 Å². The summed E-state index contributed by atoms with van der Waals surface area (Å²) in [6.45, 7) is 3.87. The zero-order valence-corrected chi connectivity index (χ0v) is 7.28. The number of hydrogen-bond donors (Lipinski definition) is 1. The van der Waals surface area contributed by atoms with E-state index in [2.05, 4.69) is 0 Å². The van der Waals surface area contributed by atoms with Gasteiger partial charge in [0.1, 0.15) is 0 Å². The largest absolute Gasteiger partial charge is 0.471 e. The van der Waals surface area contributed by atoms with Gasteiger partial charge in [-0.2, -0.15) is 0 Å². The second-order valence-electron chi connectivity index (χ2n) is 1.91. The van der Waals surface area contributed by atoms with Crippen LogP contribution >= 0.6 is 12.2 Å². The molecule has 0 unspecified atom stereocenters. The average molecular weight is 162 g/mol. The molecule has 0 heterocycles. The van der Waals surface area contributed by atoms with Gasteiger partial charge in [-0.05, 0) is 19.1 Å². The van der Waals surface area contributed by atoms with Crippen molar-refractivity contribution in [2.24, 2.45) is 5.73 Å². The van der Waals surface area contributed by atoms with E-state index in [4.69, 9.17) is 22.7 Å². The predicted molar refractivity (Wildman–Crippen MR) is 45.9 cm³/mol. The predicted octanol–water partition coefficient (Wildman–Crippen LogP) is 0.198. The maximum Gasteiger partial charge on any atom is 0.259 e. The molecule has 0 aromatic heterocycles. The molecule has 0 radical (unpaired) electrons. The molecule has 0 saturated carbocycles. The molecule has 0 aliphatic rings. The zero-order chi connectivity index (χ0) is 7.98. The van der Waals surface area contributed by atoms with Gasteiger partial charge in [0, 0.05) is 20.1 Å². The summed E-state index contributed by atoms with van der Waals surface area (Å²) in [5.41, 5.74) is 5.31. The molecule has 0 aromatic rings. The van der Waals surface area contributed by atoms with E-state index in [9.17, 15) is 0 Å². The molecule has 0 bridgehead atoms. The highest BCUT2D eigenvalue weighted by Gasteiger charge is 2.00. The highest BCUT2D eigenvalue weighted by atomic mass is 32.1. The molecular weight excluding hydrogens is 148 g/mol. The molecule has 0 amide bonds. The maximum atomic E-state index is 5.31. The number of hydrogen-bond acceptors (Lipinski definition) is 3. The third-order valence-electron chi connectivity index (χ3n) is 1.04. The van der Waals surface area contributed by atoms with Gasteiger partial charge in [0.05, 0.1) is 6.61 Å². The molecule has 0 aliphatic heterocycles. The molecule has 0 atom stereocenters. The van der Waals surface area contributed by atoms with E-state index in [1.807, 2.05) is 18.9 Å². The molecule has 3 nitrogen and oxygen atoms in total. The van der Waals surface area contributed by atoms with Crippen LogP contribution in [0.15, 0.2) is 0 Å². The summed E-state index contributed by atoms with van der Waals surface area (Å²) in [6.07, 6.45) is 0. The molecule has 0 aliphatic carbocycles. The van der Waals surface area contributed by atoms with Crippen LogP contribution < -0.4 is 5.73 Å². The minimum absolute atomic E-state index is 0.521. The van der Waals surface area contributed by atoms with Crippen LogP contribution in [0.3, 0.4) is 0 Å². The minimum Gasteiger partial charge on any atom is -0.471 e. The van der Waals surface area contributed by atoms with Crippen LogP contribution in [0.2, 0.25) is 0 Å². The Labute approximate surface area is 67.1 Å². The van der Waals surface area contributed by atoms with Gasteiger partial charge in [-0.15, -0.1) is 0 Å². The van der Waals surface area contributed by atoms with Gasteiger partial charge in [0.25, 0.3) is 5.17 Å². The lowest BCUT2D eigenvalue weighted by Crippen LogP contribution is -2.31. The lowest BCUT2D eigenvalue weighted by atomic mass is 10.6. The third-order valence-corrected chi connectivity index (χ3v) is 1.47. The average Bonchev–Trinajstić information content (AvgIpc) is 1.89. The van der Waals surface area contributed by atoms with E-state index in [-0.39, 0.29) is 0 Å². The van der Waals surface area contributed by atoms with E-state index in [1.165, 1.54) is 0 Å². The van der Waals surface area contributed by atoms with Crippen molar-refractivity contribution in [2.75, 3.05) is 26.7 Å². The van der Waals surface area contributed by atoms with Crippen molar-refractivity contribution in [3.63, 3.8) is 0 Å². The topological polar surface area (TPSA) is 38.5 Å². The fourth-order valence-corrected chi connectivity index (χ4v) is 0.728. The number of thiocarbonyl (C=S) groups is 1. The zero-order valence-electron chi connectivity index (χ0n) is 6.46. The van der Waals surface area contributed by atoms with Crippen LogP contribution in [0.25, 0.3) is 0 Å². The van der Waals surface area contributed by atoms with E-state index >= 15 is 0 Å². The molecule has 60 valence electrons. The number of rotatable bonds is 3. The van der Waals surface area contributed by atoms with Gasteiger partial charge >= 0.3 is 0 Å². The monoisotopic (exact) mass is 162 g/mol. The summed E-state index contributed by atoms with van der Waals surface area (Å²) in [7, 11) is 1.87. The molecule has 4 heteroatoms. The van der Waals surface area contributed by atoms with Crippen molar-refractivity contribution in [1.82, 2.24) is 4.90 Å². The molecule has 0 rings (SSSR count). The van der Waals surface area contributed by atoms with Crippen molar-refractivity contribution in [2.45, 2.75) is 6.92 Å². The van der Waals surface area contributed by atoms with Crippen LogP contribution in [-0.2, 0) is 4.74 Å². The number of nitrogens with zero attached hydrogens (tertiary/aromatic N) is 1. The van der Waals surface area contributed by atoms with Crippen LogP contribution in [0.5, 0.6) is 0 Å². The van der Waals surface area contributed by atoms with E-state index in [0.717, 1.165) is 6.54 Å². The van der Waals surface area contributed by atoms with Gasteiger partial charge in [-0.1, -0.05) is 0 Å². The molecule has 10 heavy (non-hydrogen) atoms. The first kappa shape index (κ1) is 9.65. The van der Waals surface area contributed by atoms with E-state index in [0.29, 0.717) is 18.3 Å². The normalized spacial score (nSPS) is 9.10. The third kappa shape index (κ3) is 3.63. The van der Waals surface area contributed by atoms with Gasteiger partial charge < -0.3 is 15.4 Å². The Morgan fingerprint density at radius 1 is 1.70 bits per heavy atom. The smallest absolute Gasteiger partial charge is 0.259 e. The molecule has 0 fully saturated rings.